The molecule has 1 aliphatic rings. The number of rotatable bonds is 3. The summed E-state index contributed by atoms with van der Waals surface area (Å²) in [6.07, 6.45) is 3.70. The van der Waals surface area contributed by atoms with Crippen LogP contribution in [-0.4, -0.2) is 29.9 Å². The van der Waals surface area contributed by atoms with Gasteiger partial charge in [0.1, 0.15) is 0 Å². The van der Waals surface area contributed by atoms with Gasteiger partial charge >= 0.3 is 0 Å². The molecule has 18 heavy (non-hydrogen) atoms. The minimum atomic E-state index is -0.0473. The molecule has 0 aromatic heterocycles. The van der Waals surface area contributed by atoms with Gasteiger partial charge in [-0.25, -0.2) is 0 Å². The molecule has 1 aromatic carbocycles. The van der Waals surface area contributed by atoms with E-state index in [0.29, 0.717) is 0 Å². The van der Waals surface area contributed by atoms with Crippen LogP contribution in [0.15, 0.2) is 28.7 Å². The van der Waals surface area contributed by atoms with Crippen LogP contribution in [0.4, 0.5) is 5.69 Å². The van der Waals surface area contributed by atoms with E-state index in [9.17, 15) is 4.79 Å². The Kier molecular flexibility index (Phi) is 4.78. The molecule has 1 aromatic rings. The van der Waals surface area contributed by atoms with Crippen LogP contribution in [0.5, 0.6) is 0 Å². The van der Waals surface area contributed by atoms with Crippen molar-refractivity contribution in [1.82, 2.24) is 4.90 Å². The van der Waals surface area contributed by atoms with E-state index in [2.05, 4.69) is 26.1 Å². The summed E-state index contributed by atoms with van der Waals surface area (Å²) in [5.74, 6) is 0.0826. The molecule has 1 aliphatic heterocycles. The van der Waals surface area contributed by atoms with Crippen molar-refractivity contribution in [2.24, 2.45) is 0 Å². The summed E-state index contributed by atoms with van der Waals surface area (Å²) in [5, 5.41) is 2.96. The fourth-order valence-corrected chi connectivity index (χ4v) is 2.52. The minimum Gasteiger partial charge on any atom is -0.325 e. The van der Waals surface area contributed by atoms with E-state index in [1.54, 1.807) is 0 Å². The maximum absolute atomic E-state index is 12.1. The molecule has 0 bridgehead atoms. The molecule has 0 saturated carbocycles. The Hall–Kier alpha value is -0.870. The number of hydrogen-bond donors (Lipinski definition) is 1. The van der Waals surface area contributed by atoms with Crippen LogP contribution < -0.4 is 5.32 Å². The van der Waals surface area contributed by atoms with E-state index in [1.807, 2.05) is 31.2 Å². The molecule has 1 heterocycles. The van der Waals surface area contributed by atoms with E-state index in [4.69, 9.17) is 0 Å². The van der Waals surface area contributed by atoms with E-state index in [-0.39, 0.29) is 11.9 Å². The molecule has 1 amide bonds. The Morgan fingerprint density at radius 3 is 2.44 bits per heavy atom. The molecular weight excluding hydrogens is 292 g/mol. The van der Waals surface area contributed by atoms with E-state index < -0.39 is 0 Å². The number of amides is 1. The topological polar surface area (TPSA) is 32.3 Å². The van der Waals surface area contributed by atoms with Crippen molar-refractivity contribution in [2.75, 3.05) is 18.4 Å². The van der Waals surface area contributed by atoms with Crippen LogP contribution in [0.25, 0.3) is 0 Å². The van der Waals surface area contributed by atoms with Crippen molar-refractivity contribution >= 4 is 27.5 Å². The molecular formula is C14H19BrN2O. The van der Waals surface area contributed by atoms with Crippen LogP contribution in [0, 0.1) is 0 Å². The quantitative estimate of drug-likeness (QED) is 0.929. The Morgan fingerprint density at radius 1 is 1.22 bits per heavy atom. The highest BCUT2D eigenvalue weighted by Gasteiger charge is 2.22. The van der Waals surface area contributed by atoms with Gasteiger partial charge in [-0.2, -0.15) is 0 Å². The number of piperidine rings is 1. The molecule has 2 rings (SSSR count). The largest absolute Gasteiger partial charge is 0.325 e. The number of likely N-dealkylation sites (tertiary alicyclic amines) is 1. The van der Waals surface area contributed by atoms with E-state index in [0.717, 1.165) is 23.2 Å². The number of halogens is 1. The van der Waals surface area contributed by atoms with Gasteiger partial charge in [-0.15, -0.1) is 0 Å². The Morgan fingerprint density at radius 2 is 1.83 bits per heavy atom. The maximum Gasteiger partial charge on any atom is 0.241 e. The van der Waals surface area contributed by atoms with Crippen molar-refractivity contribution in [3.63, 3.8) is 0 Å². The van der Waals surface area contributed by atoms with Gasteiger partial charge in [0.05, 0.1) is 6.04 Å². The number of hydrogen-bond acceptors (Lipinski definition) is 2. The first-order chi connectivity index (χ1) is 8.66. The van der Waals surface area contributed by atoms with Crippen LogP contribution in [-0.2, 0) is 4.79 Å². The SMILES string of the molecule is C[C@@H](C(=O)Nc1ccc(Br)cc1)N1CCCCC1. The molecule has 1 atom stereocenters. The second-order valence-electron chi connectivity index (χ2n) is 4.77. The average Bonchev–Trinajstić information content (AvgIpc) is 2.41. The normalized spacial score (nSPS) is 18.3. The first-order valence-electron chi connectivity index (χ1n) is 6.47. The molecule has 1 N–H and O–H groups in total. The lowest BCUT2D eigenvalue weighted by atomic mass is 10.1. The first kappa shape index (κ1) is 13.6. The highest BCUT2D eigenvalue weighted by molar-refractivity contribution is 9.10. The molecule has 1 saturated heterocycles. The molecule has 1 fully saturated rings. The number of carbonyl (C=O) groups is 1. The van der Waals surface area contributed by atoms with Crippen molar-refractivity contribution in [1.29, 1.82) is 0 Å². The minimum absolute atomic E-state index is 0.0473. The predicted octanol–water partition coefficient (Wildman–Crippen LogP) is 3.26. The van der Waals surface area contributed by atoms with Crippen molar-refractivity contribution in [3.8, 4) is 0 Å². The molecule has 0 unspecified atom stereocenters. The second kappa shape index (κ2) is 6.34. The second-order valence-corrected chi connectivity index (χ2v) is 5.68. The van der Waals surface area contributed by atoms with Gasteiger partial charge in [0.25, 0.3) is 0 Å². The summed E-state index contributed by atoms with van der Waals surface area (Å²) in [5.41, 5.74) is 0.854. The lowest BCUT2D eigenvalue weighted by Gasteiger charge is -2.31. The molecule has 0 radical (unpaired) electrons. The van der Waals surface area contributed by atoms with Gasteiger partial charge in [-0.3, -0.25) is 9.69 Å². The van der Waals surface area contributed by atoms with Crippen LogP contribution >= 0.6 is 15.9 Å². The number of benzene rings is 1. The summed E-state index contributed by atoms with van der Waals surface area (Å²) >= 11 is 3.38. The van der Waals surface area contributed by atoms with Crippen LogP contribution in [0.1, 0.15) is 26.2 Å². The monoisotopic (exact) mass is 310 g/mol. The number of nitrogens with zero attached hydrogens (tertiary/aromatic N) is 1. The van der Waals surface area contributed by atoms with Gasteiger partial charge in [0.2, 0.25) is 5.91 Å². The Bertz CT molecular complexity index is 399. The summed E-state index contributed by atoms with van der Waals surface area (Å²) in [4.78, 5) is 14.4. The molecule has 0 aliphatic carbocycles. The van der Waals surface area contributed by atoms with E-state index in [1.165, 1.54) is 19.3 Å². The summed E-state index contributed by atoms with van der Waals surface area (Å²) in [7, 11) is 0. The van der Waals surface area contributed by atoms with Gasteiger partial charge in [0.15, 0.2) is 0 Å². The zero-order valence-electron chi connectivity index (χ0n) is 10.7. The zero-order valence-corrected chi connectivity index (χ0v) is 12.2. The molecule has 3 nitrogen and oxygen atoms in total. The predicted molar refractivity (Wildman–Crippen MR) is 77.7 cm³/mol. The maximum atomic E-state index is 12.1. The standard InChI is InChI=1S/C14H19BrN2O/c1-11(17-9-3-2-4-10-17)14(18)16-13-7-5-12(15)6-8-13/h5-8,11H,2-4,9-10H2,1H3,(H,16,18)/t11-/m0/s1. The van der Waals surface area contributed by atoms with Crippen LogP contribution in [0.2, 0.25) is 0 Å². The highest BCUT2D eigenvalue weighted by atomic mass is 79.9. The lowest BCUT2D eigenvalue weighted by molar-refractivity contribution is -0.121. The smallest absolute Gasteiger partial charge is 0.241 e. The Labute approximate surface area is 117 Å². The summed E-state index contributed by atoms with van der Waals surface area (Å²) in [6.45, 7) is 4.06. The fourth-order valence-electron chi connectivity index (χ4n) is 2.25. The summed E-state index contributed by atoms with van der Waals surface area (Å²) < 4.78 is 1.02. The van der Waals surface area contributed by atoms with Crippen molar-refractivity contribution in [2.45, 2.75) is 32.2 Å². The van der Waals surface area contributed by atoms with Gasteiger partial charge in [-0.05, 0) is 57.1 Å². The third-order valence-electron chi connectivity index (χ3n) is 3.43. The van der Waals surface area contributed by atoms with Gasteiger partial charge in [-0.1, -0.05) is 22.4 Å². The zero-order chi connectivity index (χ0) is 13.0. The number of carbonyl (C=O) groups excluding carboxylic acids is 1. The molecule has 98 valence electrons. The van der Waals surface area contributed by atoms with E-state index >= 15 is 0 Å². The van der Waals surface area contributed by atoms with Gasteiger partial charge in [0, 0.05) is 10.2 Å². The average molecular weight is 311 g/mol. The summed E-state index contributed by atoms with van der Waals surface area (Å²) in [6, 6.07) is 7.63. The molecule has 0 spiro atoms. The van der Waals surface area contributed by atoms with Crippen molar-refractivity contribution < 1.29 is 4.79 Å². The van der Waals surface area contributed by atoms with Gasteiger partial charge < -0.3 is 5.32 Å². The third-order valence-corrected chi connectivity index (χ3v) is 3.96. The van der Waals surface area contributed by atoms with Crippen molar-refractivity contribution in [3.05, 3.63) is 28.7 Å². The third kappa shape index (κ3) is 3.56. The first-order valence-corrected chi connectivity index (χ1v) is 7.26. The fraction of sp³-hybridized carbons (Fsp3) is 0.500. The molecule has 4 heteroatoms. The van der Waals surface area contributed by atoms with Crippen LogP contribution in [0.3, 0.4) is 0 Å². The number of nitrogens with one attached hydrogen (secondary N) is 1. The number of anilines is 1. The lowest BCUT2D eigenvalue weighted by Crippen LogP contribution is -2.44. The Balaban J connectivity index is 1.92. The highest BCUT2D eigenvalue weighted by Crippen LogP contribution is 2.16.